The summed E-state index contributed by atoms with van der Waals surface area (Å²) in [6.07, 6.45) is 1.72. The molecule has 0 spiro atoms. The molecule has 0 aliphatic carbocycles. The van der Waals surface area contributed by atoms with E-state index in [2.05, 4.69) is 22.1 Å². The zero-order valence-electron chi connectivity index (χ0n) is 15.1. The summed E-state index contributed by atoms with van der Waals surface area (Å²) in [5.41, 5.74) is 0.825. The van der Waals surface area contributed by atoms with Crippen LogP contribution in [0.15, 0.2) is 66.3 Å². The summed E-state index contributed by atoms with van der Waals surface area (Å²) in [6.45, 7) is 5.91. The van der Waals surface area contributed by atoms with Crippen LogP contribution in [-0.2, 0) is 11.3 Å². The first-order valence-electron chi connectivity index (χ1n) is 8.51. The quantitative estimate of drug-likeness (QED) is 0.468. The van der Waals surface area contributed by atoms with Gasteiger partial charge in [-0.05, 0) is 19.1 Å². The molecule has 0 aliphatic rings. The van der Waals surface area contributed by atoms with Crippen molar-refractivity contribution in [3.63, 3.8) is 0 Å². The molecule has 3 rings (SSSR count). The molecule has 0 fully saturated rings. The van der Waals surface area contributed by atoms with Gasteiger partial charge < -0.3 is 5.32 Å². The number of rotatable bonds is 7. The molecule has 1 amide bonds. The van der Waals surface area contributed by atoms with Gasteiger partial charge in [0.05, 0.1) is 10.9 Å². The van der Waals surface area contributed by atoms with Crippen molar-refractivity contribution >= 4 is 23.4 Å². The van der Waals surface area contributed by atoms with Crippen LogP contribution in [0.4, 0.5) is 14.5 Å². The number of hydrogen-bond donors (Lipinski definition) is 1. The first-order valence-corrected chi connectivity index (χ1v) is 9.39. The smallest absolute Gasteiger partial charge is 0.237 e. The highest BCUT2D eigenvalue weighted by atomic mass is 32.2. The highest BCUT2D eigenvalue weighted by Gasteiger charge is 2.21. The maximum Gasteiger partial charge on any atom is 0.237 e. The van der Waals surface area contributed by atoms with Gasteiger partial charge in [-0.1, -0.05) is 48.2 Å². The average molecular weight is 400 g/mol. The lowest BCUT2D eigenvalue weighted by molar-refractivity contribution is -0.115. The Hall–Kier alpha value is -3.00. The predicted molar refractivity (Wildman–Crippen MR) is 106 cm³/mol. The van der Waals surface area contributed by atoms with Gasteiger partial charge in [0, 0.05) is 18.2 Å². The first kappa shape index (κ1) is 19.8. The van der Waals surface area contributed by atoms with Crippen molar-refractivity contribution in [1.29, 1.82) is 0 Å². The van der Waals surface area contributed by atoms with Crippen molar-refractivity contribution in [2.75, 3.05) is 5.32 Å². The molecule has 1 aromatic heterocycles. The van der Waals surface area contributed by atoms with Gasteiger partial charge >= 0.3 is 0 Å². The Morgan fingerprint density at radius 1 is 1.25 bits per heavy atom. The van der Waals surface area contributed by atoms with E-state index < -0.39 is 22.8 Å². The van der Waals surface area contributed by atoms with Crippen molar-refractivity contribution in [3.8, 4) is 11.4 Å². The van der Waals surface area contributed by atoms with E-state index >= 15 is 0 Å². The van der Waals surface area contributed by atoms with Gasteiger partial charge in [-0.25, -0.2) is 8.78 Å². The SMILES string of the molecule is C=CCn1c(SC(C)C(=O)Nc2ccc(F)cc2F)nnc1-c1ccccc1. The van der Waals surface area contributed by atoms with Crippen LogP contribution in [-0.4, -0.2) is 25.9 Å². The van der Waals surface area contributed by atoms with Gasteiger partial charge in [-0.15, -0.1) is 16.8 Å². The molecule has 0 bridgehead atoms. The molecule has 0 aliphatic heterocycles. The minimum absolute atomic E-state index is 0.0728. The summed E-state index contributed by atoms with van der Waals surface area (Å²) in [7, 11) is 0. The molecule has 0 radical (unpaired) electrons. The number of aromatic nitrogens is 3. The number of carbonyl (C=O) groups is 1. The molecule has 8 heteroatoms. The molecule has 0 saturated carbocycles. The topological polar surface area (TPSA) is 59.8 Å². The summed E-state index contributed by atoms with van der Waals surface area (Å²) in [6, 6.07) is 12.6. The van der Waals surface area contributed by atoms with Crippen LogP contribution in [0, 0.1) is 11.6 Å². The van der Waals surface area contributed by atoms with Crippen LogP contribution >= 0.6 is 11.8 Å². The van der Waals surface area contributed by atoms with E-state index in [-0.39, 0.29) is 5.69 Å². The van der Waals surface area contributed by atoms with Crippen LogP contribution < -0.4 is 5.32 Å². The summed E-state index contributed by atoms with van der Waals surface area (Å²) in [4.78, 5) is 12.4. The lowest BCUT2D eigenvalue weighted by Crippen LogP contribution is -2.23. The van der Waals surface area contributed by atoms with Crippen molar-refractivity contribution < 1.29 is 13.6 Å². The number of hydrogen-bond acceptors (Lipinski definition) is 4. The molecule has 1 atom stereocenters. The summed E-state index contributed by atoms with van der Waals surface area (Å²) in [5, 5.41) is 10.9. The number of nitrogens with one attached hydrogen (secondary N) is 1. The maximum atomic E-state index is 13.8. The largest absolute Gasteiger partial charge is 0.323 e. The van der Waals surface area contributed by atoms with Gasteiger partial charge in [0.2, 0.25) is 5.91 Å². The van der Waals surface area contributed by atoms with Crippen LogP contribution in [0.25, 0.3) is 11.4 Å². The second-order valence-corrected chi connectivity index (χ2v) is 7.25. The third-order valence-electron chi connectivity index (χ3n) is 3.90. The molecule has 0 saturated heterocycles. The van der Waals surface area contributed by atoms with E-state index in [1.165, 1.54) is 17.8 Å². The number of anilines is 1. The molecular weight excluding hydrogens is 382 g/mol. The van der Waals surface area contributed by atoms with Crippen LogP contribution in [0.2, 0.25) is 0 Å². The molecule has 2 aromatic carbocycles. The average Bonchev–Trinajstić information content (AvgIpc) is 3.07. The van der Waals surface area contributed by atoms with Crippen LogP contribution in [0.3, 0.4) is 0 Å². The Morgan fingerprint density at radius 2 is 2.00 bits per heavy atom. The highest BCUT2D eigenvalue weighted by molar-refractivity contribution is 8.00. The zero-order valence-corrected chi connectivity index (χ0v) is 15.9. The lowest BCUT2D eigenvalue weighted by atomic mass is 10.2. The van der Waals surface area contributed by atoms with Gasteiger partial charge in [-0.3, -0.25) is 9.36 Å². The number of carbonyl (C=O) groups excluding carboxylic acids is 1. The summed E-state index contributed by atoms with van der Waals surface area (Å²) in [5.74, 6) is -1.29. The van der Waals surface area contributed by atoms with E-state index in [1.807, 2.05) is 34.9 Å². The first-order chi connectivity index (χ1) is 13.5. The molecule has 3 aromatic rings. The Morgan fingerprint density at radius 3 is 2.68 bits per heavy atom. The number of halogens is 2. The van der Waals surface area contributed by atoms with Gasteiger partial charge in [0.15, 0.2) is 11.0 Å². The Bertz CT molecular complexity index is 991. The van der Waals surface area contributed by atoms with E-state index in [0.717, 1.165) is 17.7 Å². The highest BCUT2D eigenvalue weighted by Crippen LogP contribution is 2.27. The van der Waals surface area contributed by atoms with Crippen molar-refractivity contribution in [2.45, 2.75) is 23.9 Å². The number of amides is 1. The second-order valence-electron chi connectivity index (χ2n) is 5.94. The molecule has 1 unspecified atom stereocenters. The van der Waals surface area contributed by atoms with Gasteiger partial charge in [-0.2, -0.15) is 0 Å². The lowest BCUT2D eigenvalue weighted by Gasteiger charge is -2.13. The summed E-state index contributed by atoms with van der Waals surface area (Å²) < 4.78 is 28.6. The standard InChI is InChI=1S/C20H18F2N4OS/c1-3-11-26-18(14-7-5-4-6-8-14)24-25-20(26)28-13(2)19(27)23-17-10-9-15(21)12-16(17)22/h3-10,12-13H,1,11H2,2H3,(H,23,27). The number of nitrogens with zero attached hydrogens (tertiary/aromatic N) is 3. The number of benzene rings is 2. The predicted octanol–water partition coefficient (Wildman–Crippen LogP) is 4.53. The normalized spacial score (nSPS) is 11.8. The monoisotopic (exact) mass is 400 g/mol. The van der Waals surface area contributed by atoms with Crippen molar-refractivity contribution in [2.24, 2.45) is 0 Å². The van der Waals surface area contributed by atoms with Crippen molar-refractivity contribution in [3.05, 3.63) is 72.8 Å². The Kier molecular flexibility index (Phi) is 6.20. The molecule has 1 heterocycles. The fourth-order valence-electron chi connectivity index (χ4n) is 2.51. The van der Waals surface area contributed by atoms with Crippen LogP contribution in [0.5, 0.6) is 0 Å². The molecule has 28 heavy (non-hydrogen) atoms. The molecule has 1 N–H and O–H groups in total. The Labute approximate surface area is 165 Å². The second kappa shape index (κ2) is 8.79. The summed E-state index contributed by atoms with van der Waals surface area (Å²) >= 11 is 1.20. The fourth-order valence-corrected chi connectivity index (χ4v) is 3.37. The Balaban J connectivity index is 1.78. The molecular formula is C20H18F2N4OS. The van der Waals surface area contributed by atoms with Crippen LogP contribution in [0.1, 0.15) is 6.92 Å². The van der Waals surface area contributed by atoms with Crippen molar-refractivity contribution in [1.82, 2.24) is 14.8 Å². The number of thioether (sulfide) groups is 1. The van der Waals surface area contributed by atoms with Gasteiger partial charge in [0.1, 0.15) is 11.6 Å². The third-order valence-corrected chi connectivity index (χ3v) is 4.98. The molecule has 5 nitrogen and oxygen atoms in total. The van der Waals surface area contributed by atoms with E-state index in [0.29, 0.717) is 17.5 Å². The van der Waals surface area contributed by atoms with Gasteiger partial charge in [0.25, 0.3) is 0 Å². The van der Waals surface area contributed by atoms with E-state index in [4.69, 9.17) is 0 Å². The minimum atomic E-state index is -0.827. The fraction of sp³-hybridized carbons (Fsp3) is 0.150. The zero-order chi connectivity index (χ0) is 20.1. The van der Waals surface area contributed by atoms with E-state index in [1.54, 1.807) is 13.0 Å². The maximum absolute atomic E-state index is 13.8. The van der Waals surface area contributed by atoms with E-state index in [9.17, 15) is 13.6 Å². The third kappa shape index (κ3) is 4.45. The number of allylic oxidation sites excluding steroid dienone is 1. The minimum Gasteiger partial charge on any atom is -0.323 e. The molecule has 144 valence electrons.